The minimum atomic E-state index is -0.534. The summed E-state index contributed by atoms with van der Waals surface area (Å²) in [4.78, 5) is 16.0. The summed E-state index contributed by atoms with van der Waals surface area (Å²) >= 11 is 0. The topological polar surface area (TPSA) is 69.8 Å². The zero-order chi connectivity index (χ0) is 15.0. The van der Waals surface area contributed by atoms with E-state index in [9.17, 15) is 4.79 Å². The second-order valence-electron chi connectivity index (χ2n) is 5.97. The monoisotopic (exact) mass is 289 g/mol. The van der Waals surface area contributed by atoms with Gasteiger partial charge in [0.2, 0.25) is 5.91 Å². The molecule has 1 heterocycles. The summed E-state index contributed by atoms with van der Waals surface area (Å²) in [6.07, 6.45) is 4.45. The molecule has 1 aliphatic heterocycles. The Morgan fingerprint density at radius 2 is 2.19 bits per heavy atom. The Morgan fingerprint density at radius 3 is 2.81 bits per heavy atom. The van der Waals surface area contributed by atoms with E-state index in [1.54, 1.807) is 11.9 Å². The first-order chi connectivity index (χ1) is 10.1. The van der Waals surface area contributed by atoms with Crippen molar-refractivity contribution in [1.82, 2.24) is 0 Å². The molecule has 21 heavy (non-hydrogen) atoms. The van der Waals surface area contributed by atoms with Crippen LogP contribution in [0, 0.1) is 0 Å². The first-order valence-corrected chi connectivity index (χ1v) is 7.68. The minimum absolute atomic E-state index is 0.0484. The van der Waals surface area contributed by atoms with Gasteiger partial charge in [-0.25, -0.2) is 0 Å². The average Bonchev–Trinajstić information content (AvgIpc) is 2.66. The van der Waals surface area contributed by atoms with E-state index in [-0.39, 0.29) is 12.5 Å². The van der Waals surface area contributed by atoms with Crippen molar-refractivity contribution >= 4 is 17.3 Å². The van der Waals surface area contributed by atoms with Gasteiger partial charge in [-0.05, 0) is 37.8 Å². The van der Waals surface area contributed by atoms with Crippen LogP contribution in [0.15, 0.2) is 18.2 Å². The summed E-state index contributed by atoms with van der Waals surface area (Å²) in [5.41, 5.74) is 8.89. The molecule has 1 fully saturated rings. The minimum Gasteiger partial charge on any atom is -0.396 e. The number of carbonyl (C=O) groups excluding carboxylic acids is 1. The van der Waals surface area contributed by atoms with E-state index in [0.717, 1.165) is 29.9 Å². The Labute approximate surface area is 125 Å². The van der Waals surface area contributed by atoms with Gasteiger partial charge in [-0.2, -0.15) is 0 Å². The molecule has 3 rings (SSSR count). The highest BCUT2D eigenvalue weighted by atomic mass is 16.3. The predicted molar refractivity (Wildman–Crippen MR) is 83.5 cm³/mol. The number of hydrogen-bond acceptors (Lipinski definition) is 4. The first kappa shape index (κ1) is 14.4. The van der Waals surface area contributed by atoms with Crippen LogP contribution in [-0.4, -0.2) is 37.3 Å². The molecule has 0 aromatic heterocycles. The van der Waals surface area contributed by atoms with Gasteiger partial charge in [-0.15, -0.1) is 0 Å². The maximum absolute atomic E-state index is 12.0. The lowest BCUT2D eigenvalue weighted by atomic mass is 9.90. The highest BCUT2D eigenvalue weighted by Gasteiger charge is 2.33. The summed E-state index contributed by atoms with van der Waals surface area (Å²) < 4.78 is 0. The fourth-order valence-corrected chi connectivity index (χ4v) is 3.19. The fraction of sp³-hybridized carbons (Fsp3) is 0.562. The highest BCUT2D eigenvalue weighted by molar-refractivity contribution is 6.04. The third-order valence-corrected chi connectivity index (χ3v) is 4.71. The van der Waals surface area contributed by atoms with E-state index >= 15 is 0 Å². The summed E-state index contributed by atoms with van der Waals surface area (Å²) in [5.74, 6) is -0.0484. The standard InChI is InChI=1S/C16H23N3O2/c1-18-14-10-12(6-7-13(14)15(17)16(18)21)19(8-3-9-20)11-4-2-5-11/h6-7,10-11,15,20H,2-5,8-9,17H2,1H3. The molecule has 5 heteroatoms. The Bertz CT molecular complexity index is 542. The van der Waals surface area contributed by atoms with E-state index in [2.05, 4.69) is 17.0 Å². The molecule has 1 aromatic rings. The van der Waals surface area contributed by atoms with Gasteiger partial charge >= 0.3 is 0 Å². The number of nitrogens with two attached hydrogens (primary N) is 1. The number of aliphatic hydroxyl groups is 1. The van der Waals surface area contributed by atoms with E-state index in [1.807, 2.05) is 6.07 Å². The lowest BCUT2D eigenvalue weighted by molar-refractivity contribution is -0.118. The molecule has 0 spiro atoms. The smallest absolute Gasteiger partial charge is 0.248 e. The van der Waals surface area contributed by atoms with Crippen LogP contribution in [0.3, 0.4) is 0 Å². The quantitative estimate of drug-likeness (QED) is 0.860. The molecular formula is C16H23N3O2. The Hall–Kier alpha value is -1.59. The van der Waals surface area contributed by atoms with Gasteiger partial charge in [-0.1, -0.05) is 6.07 Å². The zero-order valence-corrected chi connectivity index (χ0v) is 12.5. The van der Waals surface area contributed by atoms with Crippen molar-refractivity contribution < 1.29 is 9.90 Å². The van der Waals surface area contributed by atoms with Crippen LogP contribution in [0.25, 0.3) is 0 Å². The van der Waals surface area contributed by atoms with Gasteiger partial charge in [-0.3, -0.25) is 4.79 Å². The van der Waals surface area contributed by atoms with Crippen molar-refractivity contribution in [3.05, 3.63) is 23.8 Å². The van der Waals surface area contributed by atoms with Gasteiger partial charge < -0.3 is 20.6 Å². The summed E-state index contributed by atoms with van der Waals surface area (Å²) in [6, 6.07) is 6.12. The van der Waals surface area contributed by atoms with Crippen molar-refractivity contribution in [2.45, 2.75) is 37.8 Å². The zero-order valence-electron chi connectivity index (χ0n) is 12.5. The number of likely N-dealkylation sites (N-methyl/N-ethyl adjacent to an activating group) is 1. The van der Waals surface area contributed by atoms with Gasteiger partial charge in [0.25, 0.3) is 0 Å². The van der Waals surface area contributed by atoms with E-state index in [1.165, 1.54) is 19.3 Å². The second-order valence-corrected chi connectivity index (χ2v) is 5.97. The van der Waals surface area contributed by atoms with Gasteiger partial charge in [0, 0.05) is 37.5 Å². The molecule has 0 saturated heterocycles. The lowest BCUT2D eigenvalue weighted by Gasteiger charge is -2.39. The number of hydrogen-bond donors (Lipinski definition) is 2. The summed E-state index contributed by atoms with van der Waals surface area (Å²) in [6.45, 7) is 1.06. The SMILES string of the molecule is CN1C(=O)C(N)c2ccc(N(CCCO)C3CCC3)cc21. The van der Waals surface area contributed by atoms with Crippen LogP contribution in [0.1, 0.15) is 37.3 Å². The molecule has 114 valence electrons. The van der Waals surface area contributed by atoms with E-state index < -0.39 is 6.04 Å². The summed E-state index contributed by atoms with van der Waals surface area (Å²) in [7, 11) is 1.78. The van der Waals surface area contributed by atoms with Crippen molar-refractivity contribution in [1.29, 1.82) is 0 Å². The fourth-order valence-electron chi connectivity index (χ4n) is 3.19. The molecule has 1 amide bonds. The average molecular weight is 289 g/mol. The number of benzene rings is 1. The largest absolute Gasteiger partial charge is 0.396 e. The van der Waals surface area contributed by atoms with Gasteiger partial charge in [0.05, 0.1) is 5.69 Å². The summed E-state index contributed by atoms with van der Waals surface area (Å²) in [5, 5.41) is 9.10. The maximum Gasteiger partial charge on any atom is 0.248 e. The molecule has 2 aliphatic rings. The Morgan fingerprint density at radius 1 is 1.43 bits per heavy atom. The second kappa shape index (κ2) is 5.66. The predicted octanol–water partition coefficient (Wildman–Crippen LogP) is 1.40. The number of fused-ring (bicyclic) bond motifs is 1. The Balaban J connectivity index is 1.89. The number of anilines is 2. The number of nitrogens with zero attached hydrogens (tertiary/aromatic N) is 2. The van der Waals surface area contributed by atoms with Crippen LogP contribution in [0.2, 0.25) is 0 Å². The van der Waals surface area contributed by atoms with Crippen LogP contribution in [-0.2, 0) is 4.79 Å². The maximum atomic E-state index is 12.0. The van der Waals surface area contributed by atoms with Crippen LogP contribution >= 0.6 is 0 Å². The van der Waals surface area contributed by atoms with Crippen LogP contribution in [0.4, 0.5) is 11.4 Å². The third-order valence-electron chi connectivity index (χ3n) is 4.71. The highest BCUT2D eigenvalue weighted by Crippen LogP contribution is 2.38. The van der Waals surface area contributed by atoms with E-state index in [4.69, 9.17) is 10.8 Å². The normalized spacial score (nSPS) is 21.4. The number of aliphatic hydroxyl groups excluding tert-OH is 1. The van der Waals surface area contributed by atoms with E-state index in [0.29, 0.717) is 6.04 Å². The molecular weight excluding hydrogens is 266 g/mol. The first-order valence-electron chi connectivity index (χ1n) is 7.68. The van der Waals surface area contributed by atoms with Crippen molar-refractivity contribution in [3.63, 3.8) is 0 Å². The molecule has 1 aliphatic carbocycles. The third kappa shape index (κ3) is 2.40. The van der Waals surface area contributed by atoms with Crippen LogP contribution < -0.4 is 15.5 Å². The molecule has 0 radical (unpaired) electrons. The number of amides is 1. The van der Waals surface area contributed by atoms with Gasteiger partial charge in [0.15, 0.2) is 0 Å². The molecule has 5 nitrogen and oxygen atoms in total. The molecule has 1 atom stereocenters. The molecule has 0 bridgehead atoms. The molecule has 3 N–H and O–H groups in total. The number of carbonyl (C=O) groups is 1. The molecule has 1 saturated carbocycles. The van der Waals surface area contributed by atoms with Crippen molar-refractivity contribution in [3.8, 4) is 0 Å². The molecule has 1 aromatic carbocycles. The van der Waals surface area contributed by atoms with Crippen molar-refractivity contribution in [2.24, 2.45) is 5.73 Å². The van der Waals surface area contributed by atoms with Crippen LogP contribution in [0.5, 0.6) is 0 Å². The van der Waals surface area contributed by atoms with Gasteiger partial charge in [0.1, 0.15) is 6.04 Å². The van der Waals surface area contributed by atoms with Crippen molar-refractivity contribution in [2.75, 3.05) is 30.0 Å². The number of rotatable bonds is 5. The Kier molecular flexibility index (Phi) is 3.87. The lowest BCUT2D eigenvalue weighted by Crippen LogP contribution is -2.41. The molecule has 1 unspecified atom stereocenters.